The number of ether oxygens (including phenoxy) is 1. The van der Waals surface area contributed by atoms with Crippen molar-refractivity contribution in [3.05, 3.63) is 0 Å². The highest BCUT2D eigenvalue weighted by atomic mass is 16.5. The smallest absolute Gasteiger partial charge is 0.227 e. The molecule has 1 aliphatic heterocycles. The van der Waals surface area contributed by atoms with Gasteiger partial charge in [-0.3, -0.25) is 4.79 Å². The molecule has 4 nitrogen and oxygen atoms in total. The van der Waals surface area contributed by atoms with Crippen LogP contribution in [0.1, 0.15) is 33.1 Å². The molecular formula is C13H26N2O2. The molecule has 1 amide bonds. The zero-order chi connectivity index (χ0) is 12.7. The Balaban J connectivity index is 2.12. The van der Waals surface area contributed by atoms with Gasteiger partial charge in [0, 0.05) is 12.6 Å². The first-order valence-corrected chi connectivity index (χ1v) is 6.68. The molecule has 2 unspecified atom stereocenters. The van der Waals surface area contributed by atoms with Gasteiger partial charge in [0.05, 0.1) is 19.1 Å². The highest BCUT2D eigenvalue weighted by Gasteiger charge is 2.32. The van der Waals surface area contributed by atoms with E-state index in [1.807, 2.05) is 7.05 Å². The fourth-order valence-electron chi connectivity index (χ4n) is 2.12. The summed E-state index contributed by atoms with van der Waals surface area (Å²) in [7, 11) is 1.88. The minimum atomic E-state index is -0.0231. The van der Waals surface area contributed by atoms with Crippen LogP contribution in [0, 0.1) is 11.8 Å². The second-order valence-corrected chi connectivity index (χ2v) is 5.22. The number of carbonyl (C=O) groups excluding carboxylic acids is 1. The number of amides is 1. The van der Waals surface area contributed by atoms with Gasteiger partial charge in [0.25, 0.3) is 0 Å². The molecule has 2 N–H and O–H groups in total. The van der Waals surface area contributed by atoms with E-state index < -0.39 is 0 Å². The Morgan fingerprint density at radius 3 is 2.76 bits per heavy atom. The molecule has 0 aromatic rings. The molecule has 0 aromatic heterocycles. The van der Waals surface area contributed by atoms with Crippen LogP contribution in [-0.4, -0.2) is 38.8 Å². The maximum atomic E-state index is 11.9. The largest absolute Gasteiger partial charge is 0.379 e. The molecular weight excluding hydrogens is 216 g/mol. The van der Waals surface area contributed by atoms with Gasteiger partial charge in [-0.25, -0.2) is 0 Å². The van der Waals surface area contributed by atoms with Crippen molar-refractivity contribution in [2.75, 3.05) is 26.8 Å². The number of unbranched alkanes of at least 4 members (excludes halogenated alkanes) is 1. The van der Waals surface area contributed by atoms with Crippen molar-refractivity contribution < 1.29 is 9.53 Å². The zero-order valence-electron chi connectivity index (χ0n) is 11.3. The summed E-state index contributed by atoms with van der Waals surface area (Å²) in [6, 6.07) is 0.172. The summed E-state index contributed by atoms with van der Waals surface area (Å²) in [5, 5.41) is 6.13. The van der Waals surface area contributed by atoms with Gasteiger partial charge < -0.3 is 15.4 Å². The van der Waals surface area contributed by atoms with Crippen LogP contribution >= 0.6 is 0 Å². The van der Waals surface area contributed by atoms with Crippen LogP contribution in [0.2, 0.25) is 0 Å². The molecule has 0 bridgehead atoms. The highest BCUT2D eigenvalue weighted by Crippen LogP contribution is 2.13. The van der Waals surface area contributed by atoms with E-state index in [0.717, 1.165) is 18.9 Å². The minimum absolute atomic E-state index is 0.0231. The second kappa shape index (κ2) is 7.67. The summed E-state index contributed by atoms with van der Waals surface area (Å²) < 4.78 is 5.32. The van der Waals surface area contributed by atoms with E-state index in [1.54, 1.807) is 0 Å². The molecule has 0 spiro atoms. The molecule has 0 aromatic carbocycles. The van der Waals surface area contributed by atoms with Gasteiger partial charge in [-0.15, -0.1) is 0 Å². The number of hydrogen-bond donors (Lipinski definition) is 2. The quantitative estimate of drug-likeness (QED) is 0.659. The van der Waals surface area contributed by atoms with Crippen molar-refractivity contribution in [1.82, 2.24) is 10.6 Å². The van der Waals surface area contributed by atoms with E-state index in [-0.39, 0.29) is 17.9 Å². The molecule has 1 fully saturated rings. The molecule has 4 heteroatoms. The molecule has 0 radical (unpaired) electrons. The van der Waals surface area contributed by atoms with Gasteiger partial charge in [0.1, 0.15) is 0 Å². The number of nitrogens with one attached hydrogen (secondary N) is 2. The molecule has 1 rings (SSSR count). The van der Waals surface area contributed by atoms with Crippen LogP contribution in [0.3, 0.4) is 0 Å². The number of carbonyl (C=O) groups is 1. The fraction of sp³-hybridized carbons (Fsp3) is 0.923. The SMILES string of the molecule is CNC1COCC1C(=O)NCCCCC(C)C. The average molecular weight is 242 g/mol. The number of likely N-dealkylation sites (N-methyl/N-ethyl adjacent to an activating group) is 1. The number of hydrogen-bond acceptors (Lipinski definition) is 3. The summed E-state index contributed by atoms with van der Waals surface area (Å²) in [4.78, 5) is 11.9. The topological polar surface area (TPSA) is 50.4 Å². The van der Waals surface area contributed by atoms with Gasteiger partial charge in [-0.1, -0.05) is 26.7 Å². The van der Waals surface area contributed by atoms with Gasteiger partial charge in [-0.05, 0) is 19.4 Å². The number of rotatable bonds is 7. The lowest BCUT2D eigenvalue weighted by molar-refractivity contribution is -0.125. The predicted octanol–water partition coefficient (Wildman–Crippen LogP) is 1.16. The van der Waals surface area contributed by atoms with E-state index in [2.05, 4.69) is 24.5 Å². The van der Waals surface area contributed by atoms with Crippen LogP contribution in [0.25, 0.3) is 0 Å². The molecule has 100 valence electrons. The van der Waals surface area contributed by atoms with Crippen LogP contribution in [0.15, 0.2) is 0 Å². The minimum Gasteiger partial charge on any atom is -0.379 e. The van der Waals surface area contributed by atoms with Crippen molar-refractivity contribution in [2.45, 2.75) is 39.2 Å². The second-order valence-electron chi connectivity index (χ2n) is 5.22. The summed E-state index contributed by atoms with van der Waals surface area (Å²) in [5.74, 6) is 0.860. The van der Waals surface area contributed by atoms with Crippen LogP contribution in [0.4, 0.5) is 0 Å². The Morgan fingerprint density at radius 2 is 2.12 bits per heavy atom. The Bertz CT molecular complexity index is 231. The molecule has 0 saturated carbocycles. The Hall–Kier alpha value is -0.610. The fourth-order valence-corrected chi connectivity index (χ4v) is 2.12. The predicted molar refractivity (Wildman–Crippen MR) is 68.9 cm³/mol. The van der Waals surface area contributed by atoms with E-state index in [1.165, 1.54) is 12.8 Å². The maximum Gasteiger partial charge on any atom is 0.227 e. The molecule has 17 heavy (non-hydrogen) atoms. The third kappa shape index (κ3) is 5.04. The Morgan fingerprint density at radius 1 is 1.35 bits per heavy atom. The van der Waals surface area contributed by atoms with E-state index in [0.29, 0.717) is 13.2 Å². The van der Waals surface area contributed by atoms with Crippen molar-refractivity contribution in [1.29, 1.82) is 0 Å². The lowest BCUT2D eigenvalue weighted by atomic mass is 10.0. The lowest BCUT2D eigenvalue weighted by Crippen LogP contribution is -2.42. The maximum absolute atomic E-state index is 11.9. The van der Waals surface area contributed by atoms with Gasteiger partial charge in [0.15, 0.2) is 0 Å². The Kier molecular flexibility index (Phi) is 6.52. The monoisotopic (exact) mass is 242 g/mol. The summed E-state index contributed by atoms with van der Waals surface area (Å²) in [6.45, 7) is 6.43. The molecule has 0 aliphatic carbocycles. The normalized spacial score (nSPS) is 24.2. The molecule has 1 heterocycles. The first kappa shape index (κ1) is 14.5. The third-order valence-electron chi connectivity index (χ3n) is 3.30. The third-order valence-corrected chi connectivity index (χ3v) is 3.30. The lowest BCUT2D eigenvalue weighted by Gasteiger charge is -2.16. The Labute approximate surface area is 104 Å². The van der Waals surface area contributed by atoms with Crippen molar-refractivity contribution >= 4 is 5.91 Å². The first-order valence-electron chi connectivity index (χ1n) is 6.68. The van der Waals surface area contributed by atoms with Crippen LogP contribution < -0.4 is 10.6 Å². The summed E-state index contributed by atoms with van der Waals surface area (Å²) in [5.41, 5.74) is 0. The zero-order valence-corrected chi connectivity index (χ0v) is 11.3. The van der Waals surface area contributed by atoms with Crippen molar-refractivity contribution in [3.63, 3.8) is 0 Å². The molecule has 2 atom stereocenters. The summed E-state index contributed by atoms with van der Waals surface area (Å²) >= 11 is 0. The van der Waals surface area contributed by atoms with Gasteiger partial charge in [-0.2, -0.15) is 0 Å². The van der Waals surface area contributed by atoms with E-state index >= 15 is 0 Å². The van der Waals surface area contributed by atoms with Crippen molar-refractivity contribution in [3.8, 4) is 0 Å². The van der Waals surface area contributed by atoms with E-state index in [4.69, 9.17) is 4.74 Å². The first-order chi connectivity index (χ1) is 8.15. The van der Waals surface area contributed by atoms with E-state index in [9.17, 15) is 4.79 Å². The van der Waals surface area contributed by atoms with Crippen molar-refractivity contribution in [2.24, 2.45) is 11.8 Å². The van der Waals surface area contributed by atoms with Gasteiger partial charge in [0.2, 0.25) is 5.91 Å². The standard InChI is InChI=1S/C13H26N2O2/c1-10(2)6-4-5-7-15-13(16)11-8-17-9-12(11)14-3/h10-12,14H,4-9H2,1-3H3,(H,15,16). The van der Waals surface area contributed by atoms with Crippen LogP contribution in [0.5, 0.6) is 0 Å². The molecule has 1 saturated heterocycles. The average Bonchev–Trinajstić information content (AvgIpc) is 2.75. The highest BCUT2D eigenvalue weighted by molar-refractivity contribution is 5.79. The summed E-state index contributed by atoms with van der Waals surface area (Å²) in [6.07, 6.45) is 3.50. The van der Waals surface area contributed by atoms with Gasteiger partial charge >= 0.3 is 0 Å². The van der Waals surface area contributed by atoms with Crippen LogP contribution in [-0.2, 0) is 9.53 Å². The molecule has 1 aliphatic rings.